The predicted octanol–water partition coefficient (Wildman–Crippen LogP) is 1.57. The third kappa shape index (κ3) is 3.23. The number of halogens is 1. The van der Waals surface area contributed by atoms with Crippen LogP contribution in [0.1, 0.15) is 32.1 Å². The Morgan fingerprint density at radius 3 is 2.62 bits per heavy atom. The molecule has 1 fully saturated rings. The molecule has 1 atom stereocenters. The first-order chi connectivity index (χ1) is 6.24. The van der Waals surface area contributed by atoms with Gasteiger partial charge < -0.3 is 5.32 Å². The van der Waals surface area contributed by atoms with Crippen molar-refractivity contribution in [3.8, 4) is 6.07 Å². The second-order valence-electron chi connectivity index (χ2n) is 3.34. The Bertz CT molecular complexity index is 218. The SMILES string of the molecule is N#CC(Cl)C(=O)NC1CCCCC1. The summed E-state index contributed by atoms with van der Waals surface area (Å²) in [5.41, 5.74) is 0. The molecule has 0 aliphatic heterocycles. The van der Waals surface area contributed by atoms with Crippen molar-refractivity contribution in [2.45, 2.75) is 43.5 Å². The normalized spacial score (nSPS) is 20.3. The largest absolute Gasteiger partial charge is 0.351 e. The fourth-order valence-electron chi connectivity index (χ4n) is 1.58. The van der Waals surface area contributed by atoms with Crippen LogP contribution in [0.4, 0.5) is 0 Å². The van der Waals surface area contributed by atoms with Gasteiger partial charge >= 0.3 is 0 Å². The van der Waals surface area contributed by atoms with Gasteiger partial charge in [-0.05, 0) is 12.8 Å². The van der Waals surface area contributed by atoms with E-state index in [1.165, 1.54) is 6.42 Å². The van der Waals surface area contributed by atoms with Crippen LogP contribution in [0.15, 0.2) is 0 Å². The van der Waals surface area contributed by atoms with Crippen LogP contribution < -0.4 is 5.32 Å². The van der Waals surface area contributed by atoms with Crippen LogP contribution in [-0.2, 0) is 4.79 Å². The number of rotatable bonds is 2. The minimum atomic E-state index is -1.04. The summed E-state index contributed by atoms with van der Waals surface area (Å²) in [6.45, 7) is 0. The summed E-state index contributed by atoms with van der Waals surface area (Å²) >= 11 is 5.46. The van der Waals surface area contributed by atoms with Crippen LogP contribution in [0.3, 0.4) is 0 Å². The average molecular weight is 201 g/mol. The van der Waals surface area contributed by atoms with Crippen LogP contribution in [0.5, 0.6) is 0 Å². The van der Waals surface area contributed by atoms with Crippen molar-refractivity contribution in [3.05, 3.63) is 0 Å². The highest BCUT2D eigenvalue weighted by Crippen LogP contribution is 2.17. The van der Waals surface area contributed by atoms with Crippen molar-refractivity contribution in [1.29, 1.82) is 5.26 Å². The highest BCUT2D eigenvalue weighted by Gasteiger charge is 2.20. The van der Waals surface area contributed by atoms with Gasteiger partial charge in [-0.3, -0.25) is 4.79 Å². The molecule has 1 rings (SSSR count). The monoisotopic (exact) mass is 200 g/mol. The Morgan fingerprint density at radius 1 is 1.46 bits per heavy atom. The number of hydrogen-bond donors (Lipinski definition) is 1. The van der Waals surface area contributed by atoms with E-state index in [4.69, 9.17) is 16.9 Å². The number of carbonyl (C=O) groups excluding carboxylic acids is 1. The Balaban J connectivity index is 2.31. The molecule has 13 heavy (non-hydrogen) atoms. The molecule has 1 N–H and O–H groups in total. The van der Waals surface area contributed by atoms with Gasteiger partial charge in [0.1, 0.15) is 0 Å². The first-order valence-corrected chi connectivity index (χ1v) is 5.01. The Morgan fingerprint density at radius 2 is 2.08 bits per heavy atom. The minimum absolute atomic E-state index is 0.232. The van der Waals surface area contributed by atoms with Gasteiger partial charge in [-0.2, -0.15) is 5.26 Å². The Kier molecular flexibility index (Phi) is 4.04. The summed E-state index contributed by atoms with van der Waals surface area (Å²) in [7, 11) is 0. The first kappa shape index (κ1) is 10.3. The Labute approximate surface area is 83.1 Å². The smallest absolute Gasteiger partial charge is 0.252 e. The third-order valence-corrected chi connectivity index (χ3v) is 2.59. The van der Waals surface area contributed by atoms with Gasteiger partial charge in [-0.25, -0.2) is 0 Å². The minimum Gasteiger partial charge on any atom is -0.351 e. The molecular weight excluding hydrogens is 188 g/mol. The number of carbonyl (C=O) groups is 1. The van der Waals surface area contributed by atoms with E-state index in [0.717, 1.165) is 25.7 Å². The van der Waals surface area contributed by atoms with E-state index in [2.05, 4.69) is 5.32 Å². The van der Waals surface area contributed by atoms with Crippen molar-refractivity contribution < 1.29 is 4.79 Å². The van der Waals surface area contributed by atoms with Crippen LogP contribution in [0.25, 0.3) is 0 Å². The molecule has 0 saturated heterocycles. The molecule has 1 amide bonds. The van der Waals surface area contributed by atoms with E-state index in [1.807, 2.05) is 0 Å². The van der Waals surface area contributed by atoms with Crippen molar-refractivity contribution >= 4 is 17.5 Å². The molecule has 0 aromatic rings. The van der Waals surface area contributed by atoms with Gasteiger partial charge in [0, 0.05) is 6.04 Å². The van der Waals surface area contributed by atoms with Gasteiger partial charge in [0.25, 0.3) is 5.91 Å². The first-order valence-electron chi connectivity index (χ1n) is 4.58. The maximum absolute atomic E-state index is 11.2. The molecule has 1 unspecified atom stereocenters. The average Bonchev–Trinajstić information content (AvgIpc) is 2.18. The fourth-order valence-corrected chi connectivity index (χ4v) is 1.64. The summed E-state index contributed by atoms with van der Waals surface area (Å²) in [4.78, 5) is 11.2. The number of nitriles is 1. The van der Waals surface area contributed by atoms with E-state index in [0.29, 0.717) is 0 Å². The van der Waals surface area contributed by atoms with Gasteiger partial charge in [0.05, 0.1) is 6.07 Å². The lowest BCUT2D eigenvalue weighted by Gasteiger charge is -2.22. The zero-order valence-electron chi connectivity index (χ0n) is 7.42. The molecule has 0 radical (unpaired) electrons. The molecule has 3 nitrogen and oxygen atoms in total. The second-order valence-corrected chi connectivity index (χ2v) is 3.77. The quantitative estimate of drug-likeness (QED) is 0.688. The van der Waals surface area contributed by atoms with E-state index in [1.54, 1.807) is 6.07 Å². The van der Waals surface area contributed by atoms with Crippen LogP contribution >= 0.6 is 11.6 Å². The number of nitrogens with one attached hydrogen (secondary N) is 1. The zero-order valence-corrected chi connectivity index (χ0v) is 8.18. The lowest BCUT2D eigenvalue weighted by Crippen LogP contribution is -2.40. The predicted molar refractivity (Wildman–Crippen MR) is 50.3 cm³/mol. The summed E-state index contributed by atoms with van der Waals surface area (Å²) < 4.78 is 0. The van der Waals surface area contributed by atoms with E-state index in [9.17, 15) is 4.79 Å². The topological polar surface area (TPSA) is 52.9 Å². The van der Waals surface area contributed by atoms with Crippen molar-refractivity contribution in [2.75, 3.05) is 0 Å². The molecule has 1 aliphatic carbocycles. The molecule has 0 aromatic heterocycles. The van der Waals surface area contributed by atoms with Gasteiger partial charge in [-0.1, -0.05) is 30.9 Å². The molecule has 1 saturated carbocycles. The van der Waals surface area contributed by atoms with Gasteiger partial charge in [0.2, 0.25) is 0 Å². The van der Waals surface area contributed by atoms with E-state index >= 15 is 0 Å². The molecule has 0 spiro atoms. The van der Waals surface area contributed by atoms with Gasteiger partial charge in [-0.15, -0.1) is 0 Å². The third-order valence-electron chi connectivity index (χ3n) is 2.30. The van der Waals surface area contributed by atoms with Gasteiger partial charge in [0.15, 0.2) is 5.38 Å². The number of alkyl halides is 1. The van der Waals surface area contributed by atoms with Crippen molar-refractivity contribution in [2.24, 2.45) is 0 Å². The van der Waals surface area contributed by atoms with Crippen LogP contribution in [-0.4, -0.2) is 17.3 Å². The summed E-state index contributed by atoms with van der Waals surface area (Å²) in [5.74, 6) is -0.351. The molecule has 0 heterocycles. The van der Waals surface area contributed by atoms with Crippen molar-refractivity contribution in [1.82, 2.24) is 5.32 Å². The zero-order chi connectivity index (χ0) is 9.68. The van der Waals surface area contributed by atoms with Crippen LogP contribution in [0.2, 0.25) is 0 Å². The summed E-state index contributed by atoms with van der Waals surface area (Å²) in [6, 6.07) is 1.94. The molecular formula is C9H13ClN2O. The molecule has 1 aliphatic rings. The maximum Gasteiger partial charge on any atom is 0.252 e. The molecule has 72 valence electrons. The molecule has 0 bridgehead atoms. The van der Waals surface area contributed by atoms with Crippen LogP contribution in [0, 0.1) is 11.3 Å². The fraction of sp³-hybridized carbons (Fsp3) is 0.778. The summed E-state index contributed by atoms with van der Waals surface area (Å²) in [5, 5.41) is 10.1. The maximum atomic E-state index is 11.2. The van der Waals surface area contributed by atoms with E-state index in [-0.39, 0.29) is 11.9 Å². The highest BCUT2D eigenvalue weighted by atomic mass is 35.5. The molecule has 4 heteroatoms. The summed E-state index contributed by atoms with van der Waals surface area (Å²) in [6.07, 6.45) is 5.59. The Hall–Kier alpha value is -0.750. The second kappa shape index (κ2) is 5.08. The number of amides is 1. The highest BCUT2D eigenvalue weighted by molar-refractivity contribution is 6.32. The lowest BCUT2D eigenvalue weighted by atomic mass is 9.95. The standard InChI is InChI=1S/C9H13ClN2O/c10-8(6-11)9(13)12-7-4-2-1-3-5-7/h7-8H,1-5H2,(H,12,13). The van der Waals surface area contributed by atoms with Crippen molar-refractivity contribution in [3.63, 3.8) is 0 Å². The van der Waals surface area contributed by atoms with E-state index < -0.39 is 5.38 Å². The molecule has 0 aromatic carbocycles. The number of hydrogen-bond acceptors (Lipinski definition) is 2. The lowest BCUT2D eigenvalue weighted by molar-refractivity contribution is -0.120. The number of nitrogens with zero attached hydrogens (tertiary/aromatic N) is 1.